The third-order valence-corrected chi connectivity index (χ3v) is 2.41. The lowest BCUT2D eigenvalue weighted by Crippen LogP contribution is -2.45. The zero-order valence-corrected chi connectivity index (χ0v) is 11.5. The molecule has 1 aromatic rings. The van der Waals surface area contributed by atoms with Crippen LogP contribution in [-0.2, 0) is 9.59 Å². The van der Waals surface area contributed by atoms with E-state index in [2.05, 4.69) is 10.6 Å². The van der Waals surface area contributed by atoms with Crippen LogP contribution in [-0.4, -0.2) is 35.7 Å². The average Bonchev–Trinajstić information content (AvgIpc) is 2.38. The Morgan fingerprint density at radius 2 is 2.10 bits per heavy atom. The van der Waals surface area contributed by atoms with Gasteiger partial charge in [0.25, 0.3) is 0 Å². The second-order valence-corrected chi connectivity index (χ2v) is 4.12. The van der Waals surface area contributed by atoms with E-state index in [-0.39, 0.29) is 0 Å². The Morgan fingerprint density at radius 1 is 1.38 bits per heavy atom. The number of amides is 3. The Bertz CT molecular complexity index is 532. The molecule has 0 bridgehead atoms. The number of carboxylic acid groups (broad SMARTS) is 1. The molecule has 21 heavy (non-hydrogen) atoms. The quantitative estimate of drug-likeness (QED) is 0.583. The number of anilines is 1. The van der Waals surface area contributed by atoms with Crippen molar-refractivity contribution in [2.75, 3.05) is 11.9 Å². The number of hydrogen-bond acceptors (Lipinski definition) is 4. The predicted molar refractivity (Wildman–Crippen MR) is 75.0 cm³/mol. The smallest absolute Gasteiger partial charge is 0.326 e. The molecule has 8 heteroatoms. The first-order chi connectivity index (χ1) is 9.92. The van der Waals surface area contributed by atoms with Gasteiger partial charge in [-0.25, -0.2) is 9.59 Å². The molecule has 0 radical (unpaired) electrons. The number of nitrogens with one attached hydrogen (secondary N) is 2. The molecule has 0 saturated carbocycles. The molecular weight excluding hydrogens is 278 g/mol. The van der Waals surface area contributed by atoms with E-state index in [1.807, 2.05) is 6.92 Å². The van der Waals surface area contributed by atoms with E-state index in [1.165, 1.54) is 0 Å². The van der Waals surface area contributed by atoms with Gasteiger partial charge in [-0.15, -0.1) is 0 Å². The molecule has 1 rings (SSSR count). The predicted octanol–water partition coefficient (Wildman–Crippen LogP) is 0.535. The fourth-order valence-electron chi connectivity index (χ4n) is 1.56. The highest BCUT2D eigenvalue weighted by molar-refractivity contribution is 5.93. The molecule has 1 aromatic carbocycles. The lowest BCUT2D eigenvalue weighted by molar-refractivity contribution is -0.140. The number of primary amides is 1. The summed E-state index contributed by atoms with van der Waals surface area (Å²) >= 11 is 0. The highest BCUT2D eigenvalue weighted by Gasteiger charge is 2.22. The molecule has 0 aliphatic heterocycles. The van der Waals surface area contributed by atoms with Gasteiger partial charge in [0.15, 0.2) is 0 Å². The second kappa shape index (κ2) is 7.73. The number of benzene rings is 1. The van der Waals surface area contributed by atoms with E-state index in [9.17, 15) is 14.4 Å². The van der Waals surface area contributed by atoms with Crippen molar-refractivity contribution >= 4 is 23.6 Å². The minimum atomic E-state index is -1.38. The van der Waals surface area contributed by atoms with Crippen LogP contribution in [0.15, 0.2) is 24.3 Å². The van der Waals surface area contributed by atoms with Crippen molar-refractivity contribution in [2.24, 2.45) is 5.73 Å². The molecule has 0 aliphatic rings. The van der Waals surface area contributed by atoms with Crippen LogP contribution in [0.1, 0.15) is 13.3 Å². The average molecular weight is 295 g/mol. The Kier molecular flexibility index (Phi) is 5.99. The van der Waals surface area contributed by atoms with Gasteiger partial charge in [-0.05, 0) is 19.1 Å². The third kappa shape index (κ3) is 5.81. The molecule has 0 heterocycles. The number of carbonyl (C=O) groups is 3. The number of hydrogen-bond donors (Lipinski definition) is 4. The van der Waals surface area contributed by atoms with E-state index in [4.69, 9.17) is 15.6 Å². The zero-order valence-electron chi connectivity index (χ0n) is 11.5. The van der Waals surface area contributed by atoms with Gasteiger partial charge in [0.05, 0.1) is 13.0 Å². The van der Waals surface area contributed by atoms with Crippen molar-refractivity contribution in [3.8, 4) is 5.75 Å². The maximum absolute atomic E-state index is 11.7. The van der Waals surface area contributed by atoms with Crippen molar-refractivity contribution in [3.63, 3.8) is 0 Å². The first-order valence-corrected chi connectivity index (χ1v) is 6.24. The molecule has 0 aromatic heterocycles. The number of ether oxygens (including phenoxy) is 1. The number of carboxylic acids is 1. The monoisotopic (exact) mass is 295 g/mol. The number of aliphatic carboxylic acids is 1. The Hall–Kier alpha value is -2.77. The summed E-state index contributed by atoms with van der Waals surface area (Å²) in [6, 6.07) is 4.48. The van der Waals surface area contributed by atoms with Crippen molar-refractivity contribution in [1.82, 2.24) is 5.32 Å². The van der Waals surface area contributed by atoms with E-state index in [1.54, 1.807) is 24.3 Å². The third-order valence-electron chi connectivity index (χ3n) is 2.41. The standard InChI is InChI=1S/C13H17N3O5/c1-2-21-9-5-3-4-8(6-9)15-13(20)16-10(12(18)19)7-11(14)17/h3-6,10H,2,7H2,1H3,(H2,14,17)(H,18,19)(H2,15,16,20). The lowest BCUT2D eigenvalue weighted by atomic mass is 10.2. The van der Waals surface area contributed by atoms with E-state index < -0.39 is 30.4 Å². The molecule has 5 N–H and O–H groups in total. The SMILES string of the molecule is CCOc1cccc(NC(=O)NC(CC(N)=O)C(=O)O)c1. The van der Waals surface area contributed by atoms with Gasteiger partial charge >= 0.3 is 12.0 Å². The summed E-state index contributed by atoms with van der Waals surface area (Å²) < 4.78 is 5.27. The van der Waals surface area contributed by atoms with Crippen LogP contribution >= 0.6 is 0 Å². The van der Waals surface area contributed by atoms with E-state index >= 15 is 0 Å². The van der Waals surface area contributed by atoms with Crippen LogP contribution in [0, 0.1) is 0 Å². The van der Waals surface area contributed by atoms with Gasteiger partial charge in [0.1, 0.15) is 11.8 Å². The molecule has 1 atom stereocenters. The van der Waals surface area contributed by atoms with Crippen LogP contribution in [0.25, 0.3) is 0 Å². The van der Waals surface area contributed by atoms with E-state index in [0.717, 1.165) is 0 Å². The fourth-order valence-corrected chi connectivity index (χ4v) is 1.56. The maximum atomic E-state index is 11.7. The van der Waals surface area contributed by atoms with Gasteiger partial charge in [0, 0.05) is 11.8 Å². The molecule has 0 saturated heterocycles. The van der Waals surface area contributed by atoms with Gasteiger partial charge in [0.2, 0.25) is 5.91 Å². The van der Waals surface area contributed by atoms with Crippen LogP contribution in [0.5, 0.6) is 5.75 Å². The maximum Gasteiger partial charge on any atom is 0.326 e. The lowest BCUT2D eigenvalue weighted by Gasteiger charge is -2.14. The first-order valence-electron chi connectivity index (χ1n) is 6.24. The Morgan fingerprint density at radius 3 is 2.67 bits per heavy atom. The number of nitrogens with two attached hydrogens (primary N) is 1. The largest absolute Gasteiger partial charge is 0.494 e. The minimum absolute atomic E-state index is 0.432. The molecule has 8 nitrogen and oxygen atoms in total. The summed E-state index contributed by atoms with van der Waals surface area (Å²) in [5.74, 6) is -1.59. The van der Waals surface area contributed by atoms with Crippen LogP contribution in [0.4, 0.5) is 10.5 Å². The summed E-state index contributed by atoms with van der Waals surface area (Å²) in [4.78, 5) is 33.3. The molecular formula is C13H17N3O5. The Labute approximate surface area is 121 Å². The highest BCUT2D eigenvalue weighted by atomic mass is 16.5. The van der Waals surface area contributed by atoms with Crippen molar-refractivity contribution in [2.45, 2.75) is 19.4 Å². The summed E-state index contributed by atoms with van der Waals surface area (Å²) in [6.45, 7) is 2.31. The summed E-state index contributed by atoms with van der Waals surface area (Å²) in [5, 5.41) is 13.5. The van der Waals surface area contributed by atoms with E-state index in [0.29, 0.717) is 18.0 Å². The normalized spacial score (nSPS) is 11.3. The number of urea groups is 1. The van der Waals surface area contributed by atoms with Crippen molar-refractivity contribution in [3.05, 3.63) is 24.3 Å². The molecule has 114 valence electrons. The Balaban J connectivity index is 2.65. The van der Waals surface area contributed by atoms with Crippen LogP contribution < -0.4 is 21.1 Å². The van der Waals surface area contributed by atoms with Gasteiger partial charge in [-0.1, -0.05) is 6.07 Å². The fraction of sp³-hybridized carbons (Fsp3) is 0.308. The molecule has 1 unspecified atom stereocenters. The minimum Gasteiger partial charge on any atom is -0.494 e. The first kappa shape index (κ1) is 16.3. The molecule has 0 aliphatic carbocycles. The summed E-state index contributed by atoms with van der Waals surface area (Å²) in [6.07, 6.45) is -0.484. The van der Waals surface area contributed by atoms with Crippen LogP contribution in [0.2, 0.25) is 0 Å². The summed E-state index contributed by atoms with van der Waals surface area (Å²) in [5.41, 5.74) is 5.35. The number of carbonyl (C=O) groups excluding carboxylic acids is 2. The van der Waals surface area contributed by atoms with Gasteiger partial charge < -0.3 is 26.2 Å². The van der Waals surface area contributed by atoms with Crippen LogP contribution in [0.3, 0.4) is 0 Å². The summed E-state index contributed by atoms with van der Waals surface area (Å²) in [7, 11) is 0. The molecule has 3 amide bonds. The topological polar surface area (TPSA) is 131 Å². The number of rotatable bonds is 7. The second-order valence-electron chi connectivity index (χ2n) is 4.12. The zero-order chi connectivity index (χ0) is 15.8. The highest BCUT2D eigenvalue weighted by Crippen LogP contribution is 2.17. The molecule has 0 spiro atoms. The van der Waals surface area contributed by atoms with Crippen molar-refractivity contribution < 1.29 is 24.2 Å². The van der Waals surface area contributed by atoms with Gasteiger partial charge in [-0.3, -0.25) is 4.79 Å². The van der Waals surface area contributed by atoms with Gasteiger partial charge in [-0.2, -0.15) is 0 Å². The molecule has 0 fully saturated rings. The van der Waals surface area contributed by atoms with Crippen molar-refractivity contribution in [1.29, 1.82) is 0 Å².